The van der Waals surface area contributed by atoms with Crippen molar-refractivity contribution in [2.24, 2.45) is 0 Å². The number of hydrogen-bond donors (Lipinski definition) is 1. The van der Waals surface area contributed by atoms with Crippen LogP contribution in [0.2, 0.25) is 0 Å². The summed E-state index contributed by atoms with van der Waals surface area (Å²) < 4.78 is 15.5. The molecule has 0 aliphatic carbocycles. The molecule has 1 aliphatic heterocycles. The first kappa shape index (κ1) is 14.1. The molecule has 2 aromatic rings. The maximum absolute atomic E-state index is 13.9. The monoisotopic (exact) mass is 299 g/mol. The van der Waals surface area contributed by atoms with Crippen LogP contribution in [0.5, 0.6) is 0 Å². The second-order valence-corrected chi connectivity index (χ2v) is 4.79. The number of nitrogens with zero attached hydrogens (tertiary/aromatic N) is 2. The maximum atomic E-state index is 13.9. The van der Waals surface area contributed by atoms with Gasteiger partial charge in [0.05, 0.1) is 5.69 Å². The number of nitrogens with one attached hydrogen (secondary N) is 1. The summed E-state index contributed by atoms with van der Waals surface area (Å²) in [6, 6.07) is 9.41. The zero-order chi connectivity index (χ0) is 15.7. The van der Waals surface area contributed by atoms with Gasteiger partial charge in [-0.3, -0.25) is 9.69 Å². The SMILES string of the molecule is CCN1C(=O)N/C(=C/c2cccn2-c2ccccc2F)C1=O. The summed E-state index contributed by atoms with van der Waals surface area (Å²) in [4.78, 5) is 24.8. The molecule has 1 aliphatic rings. The fourth-order valence-electron chi connectivity index (χ4n) is 2.38. The van der Waals surface area contributed by atoms with E-state index in [0.717, 1.165) is 4.90 Å². The van der Waals surface area contributed by atoms with Crippen LogP contribution in [0.3, 0.4) is 0 Å². The molecule has 0 atom stereocenters. The predicted octanol–water partition coefficient (Wildman–Crippen LogP) is 2.53. The van der Waals surface area contributed by atoms with Gasteiger partial charge in [-0.15, -0.1) is 0 Å². The molecule has 3 amide bonds. The lowest BCUT2D eigenvalue weighted by atomic mass is 10.2. The van der Waals surface area contributed by atoms with Crippen LogP contribution in [0.1, 0.15) is 12.6 Å². The first-order chi connectivity index (χ1) is 10.6. The lowest BCUT2D eigenvalue weighted by molar-refractivity contribution is -0.122. The Hall–Kier alpha value is -2.89. The first-order valence-electron chi connectivity index (χ1n) is 6.88. The first-order valence-corrected chi connectivity index (χ1v) is 6.88. The predicted molar refractivity (Wildman–Crippen MR) is 79.6 cm³/mol. The van der Waals surface area contributed by atoms with Crippen LogP contribution in [0, 0.1) is 5.82 Å². The Morgan fingerprint density at radius 3 is 2.64 bits per heavy atom. The third-order valence-corrected chi connectivity index (χ3v) is 3.46. The average Bonchev–Trinajstić information content (AvgIpc) is 3.05. The summed E-state index contributed by atoms with van der Waals surface area (Å²) in [5.74, 6) is -0.746. The lowest BCUT2D eigenvalue weighted by Crippen LogP contribution is -2.30. The van der Waals surface area contributed by atoms with Crippen molar-refractivity contribution in [1.82, 2.24) is 14.8 Å². The fourth-order valence-corrected chi connectivity index (χ4v) is 2.38. The molecule has 0 spiro atoms. The van der Waals surface area contributed by atoms with Crippen molar-refractivity contribution in [2.45, 2.75) is 6.92 Å². The number of para-hydroxylation sites is 1. The van der Waals surface area contributed by atoms with Gasteiger partial charge in [0.25, 0.3) is 5.91 Å². The second-order valence-electron chi connectivity index (χ2n) is 4.79. The van der Waals surface area contributed by atoms with Gasteiger partial charge >= 0.3 is 6.03 Å². The quantitative estimate of drug-likeness (QED) is 0.699. The van der Waals surface area contributed by atoms with Gasteiger partial charge in [0.2, 0.25) is 0 Å². The largest absolute Gasteiger partial charge is 0.328 e. The molecular weight excluding hydrogens is 285 g/mol. The number of imide groups is 1. The molecule has 0 bridgehead atoms. The number of carbonyl (C=O) groups excluding carboxylic acids is 2. The topological polar surface area (TPSA) is 54.3 Å². The van der Waals surface area contributed by atoms with Crippen LogP contribution in [-0.2, 0) is 4.79 Å². The molecule has 22 heavy (non-hydrogen) atoms. The Morgan fingerprint density at radius 1 is 1.18 bits per heavy atom. The number of amides is 3. The molecule has 1 fully saturated rings. The summed E-state index contributed by atoms with van der Waals surface area (Å²) in [6.07, 6.45) is 3.24. The van der Waals surface area contributed by atoms with Crippen molar-refractivity contribution in [1.29, 1.82) is 0 Å². The van der Waals surface area contributed by atoms with E-state index in [1.807, 2.05) is 0 Å². The highest BCUT2D eigenvalue weighted by Gasteiger charge is 2.32. The summed E-state index contributed by atoms with van der Waals surface area (Å²) in [5.41, 5.74) is 1.17. The van der Waals surface area contributed by atoms with Crippen LogP contribution in [-0.4, -0.2) is 28.0 Å². The fraction of sp³-hybridized carbons (Fsp3) is 0.125. The van der Waals surface area contributed by atoms with Crippen molar-refractivity contribution >= 4 is 18.0 Å². The molecule has 1 N–H and O–H groups in total. The standard InChI is InChI=1S/C16H14FN3O2/c1-2-19-15(21)13(18-16(19)22)10-11-6-5-9-20(11)14-8-4-3-7-12(14)17/h3-10H,2H2,1H3,(H,18,22)/b13-10+. The molecule has 6 heteroatoms. The average molecular weight is 299 g/mol. The van der Waals surface area contributed by atoms with Crippen molar-refractivity contribution < 1.29 is 14.0 Å². The zero-order valence-corrected chi connectivity index (χ0v) is 11.9. The van der Waals surface area contributed by atoms with E-state index >= 15 is 0 Å². The van der Waals surface area contributed by atoms with Gasteiger partial charge < -0.3 is 9.88 Å². The van der Waals surface area contributed by atoms with Crippen LogP contribution in [0.15, 0.2) is 48.3 Å². The molecule has 0 radical (unpaired) electrons. The van der Waals surface area contributed by atoms with Gasteiger partial charge in [0.15, 0.2) is 0 Å². The molecule has 1 saturated heterocycles. The number of halogens is 1. The van der Waals surface area contributed by atoms with E-state index in [1.165, 1.54) is 6.07 Å². The van der Waals surface area contributed by atoms with Crippen LogP contribution < -0.4 is 5.32 Å². The number of rotatable bonds is 3. The van der Waals surface area contributed by atoms with Crippen LogP contribution >= 0.6 is 0 Å². The number of aromatic nitrogens is 1. The van der Waals surface area contributed by atoms with Gasteiger partial charge in [-0.25, -0.2) is 9.18 Å². The molecule has 1 aromatic heterocycles. The van der Waals surface area contributed by atoms with E-state index in [4.69, 9.17) is 0 Å². The van der Waals surface area contributed by atoms with Gasteiger partial charge in [-0.1, -0.05) is 12.1 Å². The van der Waals surface area contributed by atoms with Crippen molar-refractivity contribution in [3.63, 3.8) is 0 Å². The zero-order valence-electron chi connectivity index (χ0n) is 11.9. The normalized spacial score (nSPS) is 16.5. The summed E-state index contributed by atoms with van der Waals surface area (Å²) in [6.45, 7) is 2.03. The van der Waals surface area contributed by atoms with Gasteiger partial charge in [-0.05, 0) is 37.3 Å². The Morgan fingerprint density at radius 2 is 1.95 bits per heavy atom. The van der Waals surface area contributed by atoms with Gasteiger partial charge in [0.1, 0.15) is 11.5 Å². The summed E-state index contributed by atoms with van der Waals surface area (Å²) in [5, 5.41) is 2.53. The molecule has 5 nitrogen and oxygen atoms in total. The Kier molecular flexibility index (Phi) is 3.50. The van der Waals surface area contributed by atoms with E-state index in [-0.39, 0.29) is 17.4 Å². The van der Waals surface area contributed by atoms with E-state index in [2.05, 4.69) is 5.32 Å². The molecule has 1 aromatic carbocycles. The highest BCUT2D eigenvalue weighted by Crippen LogP contribution is 2.19. The molecule has 0 saturated carbocycles. The summed E-state index contributed by atoms with van der Waals surface area (Å²) >= 11 is 0. The highest BCUT2D eigenvalue weighted by molar-refractivity contribution is 6.13. The maximum Gasteiger partial charge on any atom is 0.328 e. The van der Waals surface area contributed by atoms with Crippen molar-refractivity contribution in [3.05, 3.63) is 59.8 Å². The Bertz CT molecular complexity index is 779. The number of benzene rings is 1. The Balaban J connectivity index is 2.01. The molecule has 0 unspecified atom stereocenters. The molecule has 112 valence electrons. The van der Waals surface area contributed by atoms with E-state index in [1.54, 1.807) is 54.1 Å². The minimum absolute atomic E-state index is 0.183. The molecular formula is C16H14FN3O2. The lowest BCUT2D eigenvalue weighted by Gasteiger charge is -2.08. The smallest absolute Gasteiger partial charge is 0.314 e. The number of urea groups is 1. The van der Waals surface area contributed by atoms with E-state index < -0.39 is 6.03 Å². The summed E-state index contributed by atoms with van der Waals surface area (Å²) in [7, 11) is 0. The number of carbonyl (C=O) groups is 2. The van der Waals surface area contributed by atoms with Crippen LogP contribution in [0.4, 0.5) is 9.18 Å². The third kappa shape index (κ3) is 2.28. The van der Waals surface area contributed by atoms with Gasteiger partial charge in [-0.2, -0.15) is 0 Å². The number of hydrogen-bond acceptors (Lipinski definition) is 2. The third-order valence-electron chi connectivity index (χ3n) is 3.46. The minimum Gasteiger partial charge on any atom is -0.314 e. The number of likely N-dealkylation sites (N-methyl/N-ethyl adjacent to an activating group) is 1. The molecule has 2 heterocycles. The second kappa shape index (κ2) is 5.48. The highest BCUT2D eigenvalue weighted by atomic mass is 19.1. The molecule has 3 rings (SSSR count). The van der Waals surface area contributed by atoms with Crippen molar-refractivity contribution in [3.8, 4) is 5.69 Å². The van der Waals surface area contributed by atoms with Crippen LogP contribution in [0.25, 0.3) is 11.8 Å². The van der Waals surface area contributed by atoms with E-state index in [0.29, 0.717) is 17.9 Å². The van der Waals surface area contributed by atoms with Crippen molar-refractivity contribution in [2.75, 3.05) is 6.54 Å². The minimum atomic E-state index is -0.442. The Labute approximate surface area is 126 Å². The van der Waals surface area contributed by atoms with E-state index in [9.17, 15) is 14.0 Å². The van der Waals surface area contributed by atoms with Gasteiger partial charge in [0, 0.05) is 18.4 Å².